The third kappa shape index (κ3) is 7.93. The lowest BCUT2D eigenvalue weighted by Gasteiger charge is -2.08. The van der Waals surface area contributed by atoms with Crippen LogP contribution >= 0.6 is 12.2 Å². The minimum atomic E-state index is 0.0854. The summed E-state index contributed by atoms with van der Waals surface area (Å²) in [5, 5.41) is 23.2. The van der Waals surface area contributed by atoms with Crippen molar-refractivity contribution in [3.63, 3.8) is 0 Å². The van der Waals surface area contributed by atoms with Crippen LogP contribution in [0, 0.1) is 12.8 Å². The van der Waals surface area contributed by atoms with Gasteiger partial charge in [-0.25, -0.2) is 0 Å². The molecule has 0 unspecified atom stereocenters. The summed E-state index contributed by atoms with van der Waals surface area (Å²) in [6.45, 7) is 16.0. The number of aromatic nitrogens is 1. The summed E-state index contributed by atoms with van der Waals surface area (Å²) in [7, 11) is 3.96. The molecule has 3 rings (SSSR count). The monoisotopic (exact) mass is 468 g/mol. The fourth-order valence-electron chi connectivity index (χ4n) is 3.40. The maximum absolute atomic E-state index is 9.46. The summed E-state index contributed by atoms with van der Waals surface area (Å²) in [6.07, 6.45) is 4.08. The smallest absolute Gasteiger partial charge is 0.126 e. The molecule has 0 saturated heterocycles. The first kappa shape index (κ1) is 28.2. The highest BCUT2D eigenvalue weighted by molar-refractivity contribution is 7.80. The van der Waals surface area contributed by atoms with Gasteiger partial charge in [0.2, 0.25) is 0 Å². The number of benzene rings is 2. The standard InChI is InChI=1S/C12H15N.C11H14O2.C5H11NS/c1-4-10-8-13(3)12-6-5-9(2)7-11(10)12;1-4-8-5-9(7(2)3)11(13)6-10(8)12;1-4(2)5(7)6-3/h5-8H,4H2,1-3H3;5-6,12-13H,2,4H2,1,3H3;4H,1-3H3,(H,6,7). The van der Waals surface area contributed by atoms with Crippen LogP contribution < -0.4 is 5.32 Å². The van der Waals surface area contributed by atoms with E-state index in [0.717, 1.165) is 29.0 Å². The zero-order valence-electron chi connectivity index (χ0n) is 21.4. The Labute approximate surface area is 205 Å². The fourth-order valence-corrected chi connectivity index (χ4v) is 3.40. The topological polar surface area (TPSA) is 57.4 Å². The van der Waals surface area contributed by atoms with E-state index >= 15 is 0 Å². The molecule has 2 aromatic carbocycles. The molecule has 5 heteroatoms. The van der Waals surface area contributed by atoms with Crippen LogP contribution in [-0.2, 0) is 19.9 Å². The molecule has 3 N–H and O–H groups in total. The van der Waals surface area contributed by atoms with Crippen LogP contribution in [0.25, 0.3) is 16.5 Å². The highest BCUT2D eigenvalue weighted by Crippen LogP contribution is 2.31. The molecule has 0 aliphatic heterocycles. The Bertz CT molecular complexity index is 1100. The van der Waals surface area contributed by atoms with Gasteiger partial charge in [0, 0.05) is 48.7 Å². The van der Waals surface area contributed by atoms with E-state index in [1.54, 1.807) is 6.07 Å². The van der Waals surface area contributed by atoms with E-state index in [1.807, 2.05) is 20.9 Å². The fraction of sp³-hybridized carbons (Fsp3) is 0.393. The van der Waals surface area contributed by atoms with Crippen LogP contribution in [0.4, 0.5) is 0 Å². The summed E-state index contributed by atoms with van der Waals surface area (Å²) >= 11 is 4.87. The number of thiocarbonyl (C=S) groups is 1. The minimum absolute atomic E-state index is 0.0854. The molecule has 0 saturated carbocycles. The van der Waals surface area contributed by atoms with E-state index in [4.69, 9.17) is 12.2 Å². The maximum atomic E-state index is 9.46. The highest BCUT2D eigenvalue weighted by atomic mass is 32.1. The molecule has 0 aliphatic carbocycles. The van der Waals surface area contributed by atoms with E-state index in [1.165, 1.54) is 28.1 Å². The van der Waals surface area contributed by atoms with Gasteiger partial charge in [-0.3, -0.25) is 0 Å². The number of hydrogen-bond acceptors (Lipinski definition) is 3. The molecular formula is C28H40N2O2S. The molecule has 180 valence electrons. The van der Waals surface area contributed by atoms with Gasteiger partial charge in [-0.05, 0) is 61.6 Å². The molecule has 0 radical (unpaired) electrons. The van der Waals surface area contributed by atoms with Gasteiger partial charge >= 0.3 is 0 Å². The lowest BCUT2D eigenvalue weighted by atomic mass is 10.0. The van der Waals surface area contributed by atoms with E-state index in [9.17, 15) is 10.2 Å². The van der Waals surface area contributed by atoms with Crippen LogP contribution in [-0.4, -0.2) is 26.8 Å². The van der Waals surface area contributed by atoms with Crippen molar-refractivity contribution in [1.82, 2.24) is 9.88 Å². The normalized spacial score (nSPS) is 10.2. The van der Waals surface area contributed by atoms with Crippen LogP contribution in [0.5, 0.6) is 11.5 Å². The molecule has 4 nitrogen and oxygen atoms in total. The minimum Gasteiger partial charge on any atom is -0.508 e. The maximum Gasteiger partial charge on any atom is 0.126 e. The van der Waals surface area contributed by atoms with Crippen LogP contribution in [0.15, 0.2) is 43.1 Å². The zero-order chi connectivity index (χ0) is 25.3. The first-order valence-corrected chi connectivity index (χ1v) is 11.8. The summed E-state index contributed by atoms with van der Waals surface area (Å²) in [5.41, 5.74) is 6.45. The van der Waals surface area contributed by atoms with E-state index in [2.05, 4.69) is 75.6 Å². The Kier molecular flexibility index (Phi) is 11.2. The van der Waals surface area contributed by atoms with Gasteiger partial charge in [-0.15, -0.1) is 0 Å². The lowest BCUT2D eigenvalue weighted by molar-refractivity contribution is 0.445. The SMILES string of the molecule is C=C(C)c1cc(CC)c(O)cc1O.CCc1cn(C)c2ccc(C)cc12.CNC(=S)C(C)C. The van der Waals surface area contributed by atoms with Gasteiger partial charge in [-0.2, -0.15) is 0 Å². The molecule has 0 fully saturated rings. The Morgan fingerprint density at radius 1 is 1.06 bits per heavy atom. The number of phenols is 2. The average molecular weight is 469 g/mol. The Morgan fingerprint density at radius 2 is 1.67 bits per heavy atom. The van der Waals surface area contributed by atoms with Crippen molar-refractivity contribution in [3.05, 3.63) is 65.4 Å². The van der Waals surface area contributed by atoms with Crippen molar-refractivity contribution >= 4 is 33.7 Å². The third-order valence-electron chi connectivity index (χ3n) is 5.42. The zero-order valence-corrected chi connectivity index (χ0v) is 22.2. The van der Waals surface area contributed by atoms with Crippen LogP contribution in [0.3, 0.4) is 0 Å². The number of fused-ring (bicyclic) bond motifs is 1. The van der Waals surface area contributed by atoms with Gasteiger partial charge in [-0.1, -0.05) is 58.1 Å². The van der Waals surface area contributed by atoms with E-state index in [-0.39, 0.29) is 11.5 Å². The van der Waals surface area contributed by atoms with Crippen LogP contribution in [0.1, 0.15) is 56.9 Å². The number of hydrogen-bond donors (Lipinski definition) is 3. The van der Waals surface area contributed by atoms with Crippen molar-refractivity contribution in [2.75, 3.05) is 7.05 Å². The number of phenolic OH excluding ortho intramolecular Hbond substituents is 2. The second kappa shape index (κ2) is 13.0. The van der Waals surface area contributed by atoms with Gasteiger partial charge < -0.3 is 20.1 Å². The van der Waals surface area contributed by atoms with E-state index < -0.39 is 0 Å². The highest BCUT2D eigenvalue weighted by Gasteiger charge is 2.07. The Hall–Kier alpha value is -2.79. The number of nitrogens with zero attached hydrogens (tertiary/aromatic N) is 1. The molecule has 0 amide bonds. The molecule has 1 aromatic heterocycles. The van der Waals surface area contributed by atoms with Crippen molar-refractivity contribution in [2.45, 2.75) is 54.4 Å². The van der Waals surface area contributed by atoms with Crippen molar-refractivity contribution < 1.29 is 10.2 Å². The quantitative estimate of drug-likeness (QED) is 0.363. The Morgan fingerprint density at radius 3 is 2.12 bits per heavy atom. The molecule has 0 bridgehead atoms. The third-order valence-corrected chi connectivity index (χ3v) is 6.09. The number of allylic oxidation sites excluding steroid dienone is 1. The van der Waals surface area contributed by atoms with Crippen LogP contribution in [0.2, 0.25) is 0 Å². The molecule has 1 heterocycles. The largest absolute Gasteiger partial charge is 0.508 e. The molecular weight excluding hydrogens is 428 g/mol. The number of aromatic hydroxyl groups is 2. The average Bonchev–Trinajstić information content (AvgIpc) is 3.08. The van der Waals surface area contributed by atoms with Gasteiger partial charge in [0.05, 0.1) is 4.99 Å². The molecule has 33 heavy (non-hydrogen) atoms. The lowest BCUT2D eigenvalue weighted by Crippen LogP contribution is -2.20. The van der Waals surface area contributed by atoms with Gasteiger partial charge in [0.1, 0.15) is 11.5 Å². The van der Waals surface area contributed by atoms with Crippen molar-refractivity contribution in [1.29, 1.82) is 0 Å². The number of aryl methyl sites for hydroxylation is 4. The number of rotatable bonds is 4. The summed E-state index contributed by atoms with van der Waals surface area (Å²) in [5.74, 6) is 0.715. The van der Waals surface area contributed by atoms with Crippen molar-refractivity contribution in [3.8, 4) is 11.5 Å². The van der Waals surface area contributed by atoms with E-state index in [0.29, 0.717) is 11.5 Å². The second-order valence-corrected chi connectivity index (χ2v) is 8.98. The summed E-state index contributed by atoms with van der Waals surface area (Å²) in [6, 6.07) is 9.77. The molecule has 0 aliphatic rings. The van der Waals surface area contributed by atoms with Gasteiger partial charge in [0.15, 0.2) is 0 Å². The molecule has 3 aromatic rings. The summed E-state index contributed by atoms with van der Waals surface area (Å²) < 4.78 is 2.20. The first-order valence-electron chi connectivity index (χ1n) is 11.4. The summed E-state index contributed by atoms with van der Waals surface area (Å²) in [4.78, 5) is 0.931. The Balaban J connectivity index is 0.000000261. The molecule has 0 atom stereocenters. The molecule has 0 spiro atoms. The predicted octanol–water partition coefficient (Wildman–Crippen LogP) is 6.93. The number of nitrogens with one attached hydrogen (secondary N) is 1. The predicted molar refractivity (Wildman–Crippen MR) is 147 cm³/mol. The van der Waals surface area contributed by atoms with Crippen molar-refractivity contribution in [2.24, 2.45) is 13.0 Å². The first-order chi connectivity index (χ1) is 15.5. The second-order valence-electron chi connectivity index (χ2n) is 8.54. The van der Waals surface area contributed by atoms with Gasteiger partial charge in [0.25, 0.3) is 0 Å².